The Morgan fingerprint density at radius 2 is 1.78 bits per heavy atom. The topological polar surface area (TPSA) is 99.4 Å². The summed E-state index contributed by atoms with van der Waals surface area (Å²) in [5.41, 5.74) is 9.15. The first-order valence-corrected chi connectivity index (χ1v) is 11.4. The summed E-state index contributed by atoms with van der Waals surface area (Å²) in [5, 5.41) is 4.24. The normalized spacial score (nSPS) is 10.7. The van der Waals surface area contributed by atoms with Gasteiger partial charge >= 0.3 is 0 Å². The number of nitrogens with one attached hydrogen (secondary N) is 1. The van der Waals surface area contributed by atoms with Gasteiger partial charge in [0, 0.05) is 22.7 Å². The molecule has 0 atom stereocenters. The zero-order valence-corrected chi connectivity index (χ0v) is 20.1. The molecule has 0 aliphatic carbocycles. The summed E-state index contributed by atoms with van der Waals surface area (Å²) in [6.45, 7) is 1.99. The van der Waals surface area contributed by atoms with Crippen LogP contribution in [0.4, 0.5) is 11.5 Å². The molecular formula is C22H22Cl2N4O3S. The molecule has 168 valence electrons. The average molecular weight is 493 g/mol. The first kappa shape index (κ1) is 24.0. The minimum absolute atomic E-state index is 0.0803. The number of carbonyl (C=O) groups is 1. The maximum Gasteiger partial charge on any atom is 0.234 e. The first-order chi connectivity index (χ1) is 15.4. The minimum atomic E-state index is -0.264. The summed E-state index contributed by atoms with van der Waals surface area (Å²) in [6, 6.07) is 10.5. The van der Waals surface area contributed by atoms with Crippen molar-refractivity contribution >= 4 is 52.4 Å². The van der Waals surface area contributed by atoms with Crippen LogP contribution in [0.5, 0.6) is 11.5 Å². The van der Waals surface area contributed by atoms with Crippen molar-refractivity contribution in [2.45, 2.75) is 18.5 Å². The Morgan fingerprint density at radius 3 is 2.41 bits per heavy atom. The number of anilines is 2. The number of benzene rings is 2. The van der Waals surface area contributed by atoms with E-state index in [4.69, 9.17) is 38.4 Å². The Labute approximate surface area is 200 Å². The van der Waals surface area contributed by atoms with Crippen LogP contribution in [0.1, 0.15) is 12.6 Å². The molecule has 0 fully saturated rings. The lowest BCUT2D eigenvalue weighted by Crippen LogP contribution is -2.15. The Morgan fingerprint density at radius 1 is 1.09 bits per heavy atom. The fourth-order valence-corrected chi connectivity index (χ4v) is 4.06. The Hall–Kier alpha value is -2.68. The van der Waals surface area contributed by atoms with Crippen molar-refractivity contribution < 1.29 is 14.3 Å². The molecule has 1 aromatic heterocycles. The summed E-state index contributed by atoms with van der Waals surface area (Å²) in [7, 11) is 2.99. The van der Waals surface area contributed by atoms with Crippen molar-refractivity contribution in [3.8, 4) is 22.6 Å². The number of hydrogen-bond acceptors (Lipinski definition) is 7. The van der Waals surface area contributed by atoms with Gasteiger partial charge in [0.2, 0.25) is 5.91 Å². The van der Waals surface area contributed by atoms with E-state index in [0.29, 0.717) is 44.6 Å². The summed E-state index contributed by atoms with van der Waals surface area (Å²) in [5.74, 6) is 1.02. The summed E-state index contributed by atoms with van der Waals surface area (Å²) >= 11 is 13.3. The van der Waals surface area contributed by atoms with Crippen LogP contribution < -0.4 is 20.5 Å². The molecule has 7 nitrogen and oxygen atoms in total. The van der Waals surface area contributed by atoms with Crippen LogP contribution in [0.3, 0.4) is 0 Å². The number of aryl methyl sites for hydroxylation is 1. The largest absolute Gasteiger partial charge is 0.495 e. The Kier molecular flexibility index (Phi) is 8.06. The van der Waals surface area contributed by atoms with Gasteiger partial charge in [0.05, 0.1) is 36.4 Å². The number of ether oxygens (including phenoxy) is 2. The molecule has 0 saturated carbocycles. The molecule has 0 bridgehead atoms. The number of amides is 1. The molecule has 0 spiro atoms. The predicted molar refractivity (Wildman–Crippen MR) is 130 cm³/mol. The number of thioether (sulfide) groups is 1. The highest BCUT2D eigenvalue weighted by molar-refractivity contribution is 7.99. The number of nitrogen functional groups attached to an aromatic ring is 1. The fraction of sp³-hybridized carbons (Fsp3) is 0.227. The second kappa shape index (κ2) is 10.8. The number of nitrogens with two attached hydrogens (primary N) is 1. The standard InChI is InChI=1S/C22H22Cl2N4O3S/c1-4-15-20(12-5-7-13(23)8-6-12)21(25)28-22(27-15)32-11-19(29)26-16-10-17(30-2)14(24)9-18(16)31-3/h5-10H,4,11H2,1-3H3,(H,26,29)(H2,25,27,28). The quantitative estimate of drug-likeness (QED) is 0.323. The summed E-state index contributed by atoms with van der Waals surface area (Å²) < 4.78 is 10.5. The van der Waals surface area contributed by atoms with Gasteiger partial charge in [-0.25, -0.2) is 9.97 Å². The molecule has 1 heterocycles. The third-order valence-corrected chi connectivity index (χ3v) is 5.93. The van der Waals surface area contributed by atoms with E-state index in [1.165, 1.54) is 26.0 Å². The molecule has 0 radical (unpaired) electrons. The van der Waals surface area contributed by atoms with E-state index >= 15 is 0 Å². The van der Waals surface area contributed by atoms with Crippen LogP contribution in [0, 0.1) is 0 Å². The van der Waals surface area contributed by atoms with Crippen LogP contribution in [0.25, 0.3) is 11.1 Å². The van der Waals surface area contributed by atoms with Gasteiger partial charge in [-0.05, 0) is 24.1 Å². The molecule has 1 amide bonds. The van der Waals surface area contributed by atoms with Crippen molar-refractivity contribution in [3.63, 3.8) is 0 Å². The summed E-state index contributed by atoms with van der Waals surface area (Å²) in [6.07, 6.45) is 0.659. The molecule has 10 heteroatoms. The molecule has 3 N–H and O–H groups in total. The molecule has 0 saturated heterocycles. The molecule has 2 aromatic carbocycles. The van der Waals surface area contributed by atoms with Gasteiger partial charge in [-0.15, -0.1) is 0 Å². The second-order valence-corrected chi connectivity index (χ2v) is 8.38. The molecule has 0 unspecified atom stereocenters. The van der Waals surface area contributed by atoms with Gasteiger partial charge in [-0.2, -0.15) is 0 Å². The van der Waals surface area contributed by atoms with Crippen molar-refractivity contribution in [3.05, 3.63) is 52.1 Å². The van der Waals surface area contributed by atoms with E-state index in [9.17, 15) is 4.79 Å². The van der Waals surface area contributed by atoms with E-state index in [-0.39, 0.29) is 11.7 Å². The molecule has 0 aliphatic rings. The van der Waals surface area contributed by atoms with E-state index in [0.717, 1.165) is 16.8 Å². The lowest BCUT2D eigenvalue weighted by Gasteiger charge is -2.14. The van der Waals surface area contributed by atoms with E-state index in [1.54, 1.807) is 24.3 Å². The third kappa shape index (κ3) is 5.56. The minimum Gasteiger partial charge on any atom is -0.495 e. The predicted octanol–water partition coefficient (Wildman–Crippen LogP) is 5.34. The van der Waals surface area contributed by atoms with Gasteiger partial charge in [0.1, 0.15) is 17.3 Å². The monoisotopic (exact) mass is 492 g/mol. The van der Waals surface area contributed by atoms with Crippen LogP contribution in [0.15, 0.2) is 41.6 Å². The van der Waals surface area contributed by atoms with Crippen molar-refractivity contribution in [1.29, 1.82) is 0 Å². The summed E-state index contributed by atoms with van der Waals surface area (Å²) in [4.78, 5) is 21.5. The van der Waals surface area contributed by atoms with Crippen molar-refractivity contribution in [1.82, 2.24) is 9.97 Å². The lowest BCUT2D eigenvalue weighted by atomic mass is 10.0. The maximum absolute atomic E-state index is 12.5. The van der Waals surface area contributed by atoms with Gasteiger partial charge in [-0.1, -0.05) is 54.0 Å². The van der Waals surface area contributed by atoms with Crippen LogP contribution >= 0.6 is 35.0 Å². The Bertz CT molecular complexity index is 1130. The lowest BCUT2D eigenvalue weighted by molar-refractivity contribution is -0.113. The van der Waals surface area contributed by atoms with Crippen LogP contribution in [0.2, 0.25) is 10.0 Å². The number of carbonyl (C=O) groups excluding carboxylic acids is 1. The Balaban J connectivity index is 1.75. The molecule has 3 rings (SSSR count). The number of hydrogen-bond donors (Lipinski definition) is 2. The number of halogens is 2. The maximum atomic E-state index is 12.5. The van der Waals surface area contributed by atoms with Crippen LogP contribution in [-0.4, -0.2) is 35.8 Å². The average Bonchev–Trinajstić information content (AvgIpc) is 2.78. The van der Waals surface area contributed by atoms with Gasteiger partial charge in [0.15, 0.2) is 5.16 Å². The zero-order chi connectivity index (χ0) is 23.3. The van der Waals surface area contributed by atoms with Crippen molar-refractivity contribution in [2.24, 2.45) is 0 Å². The highest BCUT2D eigenvalue weighted by Crippen LogP contribution is 2.36. The smallest absolute Gasteiger partial charge is 0.234 e. The van der Waals surface area contributed by atoms with Crippen molar-refractivity contribution in [2.75, 3.05) is 31.0 Å². The van der Waals surface area contributed by atoms with E-state index < -0.39 is 0 Å². The number of nitrogens with zero attached hydrogens (tertiary/aromatic N) is 2. The van der Waals surface area contributed by atoms with Gasteiger partial charge in [0.25, 0.3) is 0 Å². The SMILES string of the molecule is CCc1nc(SCC(=O)Nc2cc(OC)c(Cl)cc2OC)nc(N)c1-c1ccc(Cl)cc1. The molecule has 3 aromatic rings. The highest BCUT2D eigenvalue weighted by Gasteiger charge is 2.16. The first-order valence-electron chi connectivity index (χ1n) is 9.62. The fourth-order valence-electron chi connectivity index (χ4n) is 3.03. The number of rotatable bonds is 8. The molecule has 32 heavy (non-hydrogen) atoms. The van der Waals surface area contributed by atoms with Gasteiger partial charge in [-0.3, -0.25) is 4.79 Å². The zero-order valence-electron chi connectivity index (χ0n) is 17.7. The highest BCUT2D eigenvalue weighted by atomic mass is 35.5. The second-order valence-electron chi connectivity index (χ2n) is 6.60. The molecular weight excluding hydrogens is 471 g/mol. The van der Waals surface area contributed by atoms with Crippen LogP contribution in [-0.2, 0) is 11.2 Å². The van der Waals surface area contributed by atoms with E-state index in [2.05, 4.69) is 15.3 Å². The third-order valence-electron chi connectivity index (χ3n) is 4.54. The van der Waals surface area contributed by atoms with E-state index in [1.807, 2.05) is 19.1 Å². The van der Waals surface area contributed by atoms with Gasteiger partial charge < -0.3 is 20.5 Å². The number of methoxy groups -OCH3 is 2. The number of aromatic nitrogens is 2. The molecule has 0 aliphatic heterocycles.